The molecule has 104 valence electrons. The van der Waals surface area contributed by atoms with Crippen LogP contribution in [0.4, 0.5) is 0 Å². The maximum Gasteiger partial charge on any atom is 0.255 e. The molecule has 1 fully saturated rings. The van der Waals surface area contributed by atoms with Gasteiger partial charge in [0.1, 0.15) is 0 Å². The van der Waals surface area contributed by atoms with Gasteiger partial charge in [-0.15, -0.1) is 0 Å². The van der Waals surface area contributed by atoms with Gasteiger partial charge in [0, 0.05) is 0 Å². The Morgan fingerprint density at radius 1 is 1.21 bits per heavy atom. The van der Waals surface area contributed by atoms with E-state index in [0.717, 1.165) is 32.1 Å². The fourth-order valence-corrected chi connectivity index (χ4v) is 2.57. The van der Waals surface area contributed by atoms with Crippen molar-refractivity contribution in [2.75, 3.05) is 6.61 Å². The first kappa shape index (κ1) is 13.7. The minimum atomic E-state index is -0.604. The minimum absolute atomic E-state index is 0.0263. The maximum absolute atomic E-state index is 12.2. The maximum atomic E-state index is 12.2. The standard InChI is InChI=1S/C14H19NO4/c16-9-14(7-2-1-3-8-14)15-13(19)10-5-4-6-11(17)12(10)18/h4-6,16-18H,1-3,7-9H2,(H,15,19). The van der Waals surface area contributed by atoms with Crippen molar-refractivity contribution in [3.8, 4) is 11.5 Å². The predicted molar refractivity (Wildman–Crippen MR) is 70.1 cm³/mol. The number of rotatable bonds is 3. The van der Waals surface area contributed by atoms with Gasteiger partial charge in [0.05, 0.1) is 17.7 Å². The smallest absolute Gasteiger partial charge is 0.255 e. The molecule has 1 saturated carbocycles. The molecule has 19 heavy (non-hydrogen) atoms. The lowest BCUT2D eigenvalue weighted by Gasteiger charge is -2.36. The SMILES string of the molecule is O=C(NC1(CO)CCCCC1)c1cccc(O)c1O. The van der Waals surface area contributed by atoms with Crippen molar-refractivity contribution in [2.24, 2.45) is 0 Å². The van der Waals surface area contributed by atoms with E-state index in [1.165, 1.54) is 18.2 Å². The van der Waals surface area contributed by atoms with Gasteiger partial charge in [-0.3, -0.25) is 4.79 Å². The van der Waals surface area contributed by atoms with Crippen LogP contribution in [0.3, 0.4) is 0 Å². The molecular weight excluding hydrogens is 246 g/mol. The molecular formula is C14H19NO4. The van der Waals surface area contributed by atoms with Gasteiger partial charge in [-0.2, -0.15) is 0 Å². The highest BCUT2D eigenvalue weighted by molar-refractivity contribution is 5.98. The molecule has 0 unspecified atom stereocenters. The Balaban J connectivity index is 2.17. The average molecular weight is 265 g/mol. The number of phenolic OH excluding ortho intramolecular Hbond substituents is 2. The Hall–Kier alpha value is -1.75. The number of carbonyl (C=O) groups is 1. The summed E-state index contributed by atoms with van der Waals surface area (Å²) in [6, 6.07) is 4.25. The number of aromatic hydroxyl groups is 2. The zero-order chi connectivity index (χ0) is 13.9. The van der Waals surface area contributed by atoms with Crippen LogP contribution in [-0.2, 0) is 0 Å². The fraction of sp³-hybridized carbons (Fsp3) is 0.500. The summed E-state index contributed by atoms with van der Waals surface area (Å²) in [6.45, 7) is -0.113. The van der Waals surface area contributed by atoms with E-state index in [-0.39, 0.29) is 17.9 Å². The molecule has 1 aliphatic rings. The molecule has 0 aromatic heterocycles. The number of carbonyl (C=O) groups excluding carboxylic acids is 1. The molecule has 0 saturated heterocycles. The number of aliphatic hydroxyl groups excluding tert-OH is 1. The van der Waals surface area contributed by atoms with Crippen LogP contribution < -0.4 is 5.32 Å². The summed E-state index contributed by atoms with van der Waals surface area (Å²) in [5, 5.41) is 31.4. The summed E-state index contributed by atoms with van der Waals surface area (Å²) in [7, 11) is 0. The van der Waals surface area contributed by atoms with Crippen molar-refractivity contribution in [2.45, 2.75) is 37.6 Å². The van der Waals surface area contributed by atoms with Crippen molar-refractivity contribution in [3.63, 3.8) is 0 Å². The highest BCUT2D eigenvalue weighted by Gasteiger charge is 2.33. The number of amides is 1. The van der Waals surface area contributed by atoms with Crippen LogP contribution >= 0.6 is 0 Å². The minimum Gasteiger partial charge on any atom is -0.504 e. The lowest BCUT2D eigenvalue weighted by molar-refractivity contribution is 0.0755. The van der Waals surface area contributed by atoms with E-state index in [4.69, 9.17) is 0 Å². The second kappa shape index (κ2) is 5.48. The molecule has 0 aliphatic heterocycles. The summed E-state index contributed by atoms with van der Waals surface area (Å²) in [6.07, 6.45) is 4.50. The summed E-state index contributed by atoms with van der Waals surface area (Å²) >= 11 is 0. The zero-order valence-corrected chi connectivity index (χ0v) is 10.7. The Kier molecular flexibility index (Phi) is 3.95. The first-order valence-electron chi connectivity index (χ1n) is 6.52. The van der Waals surface area contributed by atoms with Gasteiger partial charge in [-0.1, -0.05) is 25.3 Å². The number of benzene rings is 1. The first-order valence-corrected chi connectivity index (χ1v) is 6.52. The van der Waals surface area contributed by atoms with Crippen LogP contribution in [-0.4, -0.2) is 33.4 Å². The molecule has 1 amide bonds. The molecule has 0 heterocycles. The molecule has 1 aliphatic carbocycles. The van der Waals surface area contributed by atoms with E-state index in [0.29, 0.717) is 0 Å². The van der Waals surface area contributed by atoms with Crippen molar-refractivity contribution in [1.29, 1.82) is 0 Å². The largest absolute Gasteiger partial charge is 0.504 e. The second-order valence-electron chi connectivity index (χ2n) is 5.13. The number of hydrogen-bond donors (Lipinski definition) is 4. The highest BCUT2D eigenvalue weighted by atomic mass is 16.3. The Labute approximate surface area is 111 Å². The molecule has 0 atom stereocenters. The van der Waals surface area contributed by atoms with Crippen molar-refractivity contribution >= 4 is 5.91 Å². The van der Waals surface area contributed by atoms with E-state index >= 15 is 0 Å². The monoisotopic (exact) mass is 265 g/mol. The van der Waals surface area contributed by atoms with Gasteiger partial charge in [0.2, 0.25) is 0 Å². The van der Waals surface area contributed by atoms with Crippen molar-refractivity contribution in [3.05, 3.63) is 23.8 Å². The van der Waals surface area contributed by atoms with Gasteiger partial charge in [-0.25, -0.2) is 0 Å². The summed E-state index contributed by atoms with van der Waals surface area (Å²) in [5.41, 5.74) is -0.578. The van der Waals surface area contributed by atoms with Crippen LogP contribution in [0.15, 0.2) is 18.2 Å². The molecule has 0 spiro atoms. The quantitative estimate of drug-likeness (QED) is 0.624. The van der Waals surface area contributed by atoms with Crippen molar-refractivity contribution in [1.82, 2.24) is 5.32 Å². The van der Waals surface area contributed by atoms with Crippen molar-refractivity contribution < 1.29 is 20.1 Å². The third-order valence-electron chi connectivity index (χ3n) is 3.75. The molecule has 0 radical (unpaired) electrons. The molecule has 0 bridgehead atoms. The summed E-state index contributed by atoms with van der Waals surface area (Å²) < 4.78 is 0. The van der Waals surface area contributed by atoms with E-state index < -0.39 is 17.2 Å². The van der Waals surface area contributed by atoms with E-state index in [9.17, 15) is 20.1 Å². The zero-order valence-electron chi connectivity index (χ0n) is 10.7. The van der Waals surface area contributed by atoms with E-state index in [1.54, 1.807) is 0 Å². The number of nitrogens with one attached hydrogen (secondary N) is 1. The Bertz CT molecular complexity index is 467. The predicted octanol–water partition coefficient (Wildman–Crippen LogP) is 1.52. The lowest BCUT2D eigenvalue weighted by Crippen LogP contribution is -2.52. The third-order valence-corrected chi connectivity index (χ3v) is 3.75. The number of aliphatic hydroxyl groups is 1. The number of phenols is 2. The molecule has 4 N–H and O–H groups in total. The van der Waals surface area contributed by atoms with Gasteiger partial charge in [-0.05, 0) is 25.0 Å². The van der Waals surface area contributed by atoms with Gasteiger partial charge >= 0.3 is 0 Å². The van der Waals surface area contributed by atoms with Crippen LogP contribution in [0.25, 0.3) is 0 Å². The van der Waals surface area contributed by atoms with Crippen LogP contribution in [0, 0.1) is 0 Å². The molecule has 1 aromatic rings. The van der Waals surface area contributed by atoms with Gasteiger partial charge < -0.3 is 20.6 Å². The number of para-hydroxylation sites is 1. The Morgan fingerprint density at radius 2 is 1.89 bits per heavy atom. The Morgan fingerprint density at radius 3 is 2.53 bits per heavy atom. The van der Waals surface area contributed by atoms with Crippen LogP contribution in [0.1, 0.15) is 42.5 Å². The molecule has 5 nitrogen and oxygen atoms in total. The van der Waals surface area contributed by atoms with E-state index in [1.807, 2.05) is 0 Å². The normalized spacial score (nSPS) is 17.9. The van der Waals surface area contributed by atoms with Gasteiger partial charge in [0.15, 0.2) is 11.5 Å². The highest BCUT2D eigenvalue weighted by Crippen LogP contribution is 2.31. The number of hydrogen-bond acceptors (Lipinski definition) is 4. The van der Waals surface area contributed by atoms with E-state index in [2.05, 4.69) is 5.32 Å². The lowest BCUT2D eigenvalue weighted by atomic mass is 9.82. The first-order chi connectivity index (χ1) is 9.08. The van der Waals surface area contributed by atoms with Gasteiger partial charge in [0.25, 0.3) is 5.91 Å². The van der Waals surface area contributed by atoms with Crippen LogP contribution in [0.5, 0.6) is 11.5 Å². The third kappa shape index (κ3) is 2.81. The molecule has 5 heteroatoms. The van der Waals surface area contributed by atoms with Crippen LogP contribution in [0.2, 0.25) is 0 Å². The average Bonchev–Trinajstić information content (AvgIpc) is 2.42. The topological polar surface area (TPSA) is 89.8 Å². The molecule has 1 aromatic carbocycles. The summed E-state index contributed by atoms with van der Waals surface area (Å²) in [4.78, 5) is 12.2. The summed E-state index contributed by atoms with van der Waals surface area (Å²) in [5.74, 6) is -1.22. The fourth-order valence-electron chi connectivity index (χ4n) is 2.57. The molecule has 2 rings (SSSR count). The second-order valence-corrected chi connectivity index (χ2v) is 5.13.